The molecule has 2 N–H and O–H groups in total. The van der Waals surface area contributed by atoms with E-state index in [2.05, 4.69) is 5.32 Å². The molecule has 0 aliphatic carbocycles. The molecule has 8 heteroatoms. The van der Waals surface area contributed by atoms with Crippen molar-refractivity contribution in [3.05, 3.63) is 83.4 Å². The van der Waals surface area contributed by atoms with Crippen LogP contribution >= 0.6 is 11.8 Å². The van der Waals surface area contributed by atoms with E-state index in [-0.39, 0.29) is 29.5 Å². The number of carbonyl (C=O) groups excluding carboxylic acids is 2. The van der Waals surface area contributed by atoms with Crippen LogP contribution in [0, 0.1) is 0 Å². The molecule has 3 aromatic carbocycles. The zero-order valence-corrected chi connectivity index (χ0v) is 17.0. The van der Waals surface area contributed by atoms with Crippen LogP contribution < -0.4 is 14.8 Å². The summed E-state index contributed by atoms with van der Waals surface area (Å²) >= 11 is 1.33. The highest BCUT2D eigenvalue weighted by Crippen LogP contribution is 2.33. The number of benzene rings is 3. The minimum Gasteiger partial charge on any atom is -0.478 e. The molecule has 0 saturated carbocycles. The molecule has 4 rings (SSSR count). The van der Waals surface area contributed by atoms with Crippen molar-refractivity contribution in [3.8, 4) is 11.5 Å². The lowest BCUT2D eigenvalue weighted by Crippen LogP contribution is -2.16. The van der Waals surface area contributed by atoms with Crippen molar-refractivity contribution in [2.24, 2.45) is 0 Å². The summed E-state index contributed by atoms with van der Waals surface area (Å²) in [6, 6.07) is 18.1. The lowest BCUT2D eigenvalue weighted by molar-refractivity contribution is 0.0692. The van der Waals surface area contributed by atoms with Crippen LogP contribution in [0.2, 0.25) is 0 Å². The van der Waals surface area contributed by atoms with Gasteiger partial charge in [0, 0.05) is 16.1 Å². The van der Waals surface area contributed by atoms with E-state index < -0.39 is 11.9 Å². The zero-order chi connectivity index (χ0) is 21.8. The largest absolute Gasteiger partial charge is 0.478 e. The second-order valence-electron chi connectivity index (χ2n) is 6.61. The van der Waals surface area contributed by atoms with E-state index in [4.69, 9.17) is 9.47 Å². The number of aromatic carboxylic acids is 1. The van der Waals surface area contributed by atoms with Crippen LogP contribution in [0.4, 0.5) is 5.69 Å². The maximum atomic E-state index is 12.5. The van der Waals surface area contributed by atoms with Crippen molar-refractivity contribution >= 4 is 35.1 Å². The summed E-state index contributed by atoms with van der Waals surface area (Å²) in [7, 11) is 0. The van der Waals surface area contributed by atoms with Gasteiger partial charge in [-0.15, -0.1) is 11.8 Å². The smallest absolute Gasteiger partial charge is 0.336 e. The summed E-state index contributed by atoms with van der Waals surface area (Å²) < 4.78 is 10.6. The van der Waals surface area contributed by atoms with E-state index in [0.717, 1.165) is 4.90 Å². The third-order valence-corrected chi connectivity index (χ3v) is 5.55. The third-order valence-electron chi connectivity index (χ3n) is 4.56. The van der Waals surface area contributed by atoms with Crippen molar-refractivity contribution in [2.45, 2.75) is 4.90 Å². The van der Waals surface area contributed by atoms with Crippen LogP contribution in [0.1, 0.15) is 31.1 Å². The maximum Gasteiger partial charge on any atom is 0.336 e. The SMILES string of the molecule is O=C(CSc1cccc(NC(=O)c2ccccc2C(=O)O)c1)c1ccc2c(c1)OCO2. The number of carboxylic acid groups (broad SMARTS) is 1. The summed E-state index contributed by atoms with van der Waals surface area (Å²) in [4.78, 5) is 37.2. The number of ether oxygens (including phenoxy) is 2. The van der Waals surface area contributed by atoms with Crippen molar-refractivity contribution in [1.82, 2.24) is 0 Å². The van der Waals surface area contributed by atoms with E-state index in [1.807, 2.05) is 6.07 Å². The molecule has 1 amide bonds. The Kier molecular flexibility index (Phi) is 5.90. The fourth-order valence-electron chi connectivity index (χ4n) is 3.03. The number of rotatable bonds is 7. The normalized spacial score (nSPS) is 11.7. The molecule has 0 spiro atoms. The summed E-state index contributed by atoms with van der Waals surface area (Å²) in [6.45, 7) is 0.150. The first-order valence-corrected chi connectivity index (χ1v) is 10.3. The summed E-state index contributed by atoms with van der Waals surface area (Å²) in [6.07, 6.45) is 0. The van der Waals surface area contributed by atoms with Crippen molar-refractivity contribution in [3.63, 3.8) is 0 Å². The van der Waals surface area contributed by atoms with Crippen molar-refractivity contribution < 1.29 is 29.0 Å². The Balaban J connectivity index is 1.41. The maximum absolute atomic E-state index is 12.5. The molecule has 1 heterocycles. The van der Waals surface area contributed by atoms with Crippen LogP contribution in [0.15, 0.2) is 71.6 Å². The average Bonchev–Trinajstić information content (AvgIpc) is 3.25. The van der Waals surface area contributed by atoms with Gasteiger partial charge in [0.25, 0.3) is 5.91 Å². The first-order chi connectivity index (χ1) is 15.0. The third kappa shape index (κ3) is 4.70. The zero-order valence-electron chi connectivity index (χ0n) is 16.2. The van der Waals surface area contributed by atoms with E-state index in [1.54, 1.807) is 48.5 Å². The number of anilines is 1. The van der Waals surface area contributed by atoms with E-state index in [9.17, 15) is 19.5 Å². The Morgan fingerprint density at radius 3 is 2.48 bits per heavy atom. The second kappa shape index (κ2) is 8.93. The number of hydrogen-bond acceptors (Lipinski definition) is 6. The highest BCUT2D eigenvalue weighted by Gasteiger charge is 2.17. The molecule has 7 nitrogen and oxygen atoms in total. The van der Waals surface area contributed by atoms with E-state index in [0.29, 0.717) is 22.7 Å². The number of hydrogen-bond donors (Lipinski definition) is 2. The van der Waals surface area contributed by atoms with Crippen LogP contribution in [0.5, 0.6) is 11.5 Å². The Bertz CT molecular complexity index is 1180. The van der Waals surface area contributed by atoms with Gasteiger partial charge in [0.2, 0.25) is 6.79 Å². The average molecular weight is 435 g/mol. The number of Topliss-reactive ketones (excluding diaryl/α,β-unsaturated/α-hetero) is 1. The van der Waals surface area contributed by atoms with Gasteiger partial charge in [0.05, 0.1) is 16.9 Å². The molecule has 0 fully saturated rings. The topological polar surface area (TPSA) is 102 Å². The predicted molar refractivity (Wildman–Crippen MR) is 115 cm³/mol. The van der Waals surface area contributed by atoms with Gasteiger partial charge in [-0.25, -0.2) is 4.79 Å². The number of carbonyl (C=O) groups is 3. The van der Waals surface area contributed by atoms with Crippen LogP contribution in [-0.2, 0) is 0 Å². The van der Waals surface area contributed by atoms with Crippen molar-refractivity contribution in [2.75, 3.05) is 17.9 Å². The quantitative estimate of drug-likeness (QED) is 0.420. The Morgan fingerprint density at radius 2 is 1.68 bits per heavy atom. The molecule has 1 aliphatic heterocycles. The molecule has 0 unspecified atom stereocenters. The van der Waals surface area contributed by atoms with Gasteiger partial charge in [-0.3, -0.25) is 9.59 Å². The lowest BCUT2D eigenvalue weighted by Gasteiger charge is -2.09. The van der Waals surface area contributed by atoms with E-state index in [1.165, 1.54) is 23.9 Å². The summed E-state index contributed by atoms with van der Waals surface area (Å²) in [5.41, 5.74) is 1.04. The Labute approximate surface area is 182 Å². The summed E-state index contributed by atoms with van der Waals surface area (Å²) in [5.74, 6) is -0.361. The minimum absolute atomic E-state index is 0.0619. The Hall–Kier alpha value is -3.78. The fourth-order valence-corrected chi connectivity index (χ4v) is 3.88. The number of amides is 1. The minimum atomic E-state index is -1.17. The van der Waals surface area contributed by atoms with Crippen LogP contribution in [-0.4, -0.2) is 35.3 Å². The molecule has 156 valence electrons. The number of thioether (sulfide) groups is 1. The van der Waals surface area contributed by atoms with Gasteiger partial charge in [0.15, 0.2) is 17.3 Å². The van der Waals surface area contributed by atoms with Gasteiger partial charge < -0.3 is 19.9 Å². The standard InChI is InChI=1S/C23H17NO6S/c25-19(14-8-9-20-21(10-14)30-13-29-20)12-31-16-5-3-4-15(11-16)24-22(26)17-6-1-2-7-18(17)23(27)28/h1-11H,12-13H2,(H,24,26)(H,27,28). The highest BCUT2D eigenvalue weighted by atomic mass is 32.2. The molecular weight excluding hydrogens is 418 g/mol. The van der Waals surface area contributed by atoms with E-state index >= 15 is 0 Å². The predicted octanol–water partition coefficient (Wildman–Crippen LogP) is 4.34. The van der Waals surface area contributed by atoms with Gasteiger partial charge in [-0.2, -0.15) is 0 Å². The lowest BCUT2D eigenvalue weighted by atomic mass is 10.1. The fraction of sp³-hybridized carbons (Fsp3) is 0.0870. The molecule has 0 saturated heterocycles. The van der Waals surface area contributed by atoms with Gasteiger partial charge >= 0.3 is 5.97 Å². The summed E-state index contributed by atoms with van der Waals surface area (Å²) in [5, 5.41) is 12.0. The van der Waals surface area contributed by atoms with Crippen LogP contribution in [0.25, 0.3) is 0 Å². The molecule has 0 bridgehead atoms. The number of carboxylic acids is 1. The molecule has 0 radical (unpaired) electrons. The Morgan fingerprint density at radius 1 is 0.903 bits per heavy atom. The molecular formula is C23H17NO6S. The second-order valence-corrected chi connectivity index (χ2v) is 7.66. The molecule has 31 heavy (non-hydrogen) atoms. The molecule has 3 aromatic rings. The first-order valence-electron chi connectivity index (χ1n) is 9.30. The van der Waals surface area contributed by atoms with Crippen LogP contribution in [0.3, 0.4) is 0 Å². The van der Waals surface area contributed by atoms with Gasteiger partial charge in [0.1, 0.15) is 0 Å². The van der Waals surface area contributed by atoms with Gasteiger partial charge in [-0.05, 0) is 48.5 Å². The highest BCUT2D eigenvalue weighted by molar-refractivity contribution is 8.00. The first kappa shape index (κ1) is 20.5. The number of ketones is 1. The molecule has 0 atom stereocenters. The van der Waals surface area contributed by atoms with Crippen molar-refractivity contribution in [1.29, 1.82) is 0 Å². The number of fused-ring (bicyclic) bond motifs is 1. The monoisotopic (exact) mass is 435 g/mol. The molecule has 1 aliphatic rings. The number of nitrogens with one attached hydrogen (secondary N) is 1. The molecule has 0 aromatic heterocycles. The van der Waals surface area contributed by atoms with Gasteiger partial charge in [-0.1, -0.05) is 18.2 Å².